The first-order chi connectivity index (χ1) is 14.5. The molecular weight excluding hydrogens is 467 g/mol. The van der Waals surface area contributed by atoms with Crippen molar-refractivity contribution in [3.05, 3.63) is 67.1 Å². The van der Waals surface area contributed by atoms with Crippen LogP contribution in [0.4, 0.5) is 11.4 Å². The molecule has 0 spiro atoms. The van der Waals surface area contributed by atoms with E-state index in [1.165, 1.54) is 37.3 Å². The van der Waals surface area contributed by atoms with Gasteiger partial charge in [-0.2, -0.15) is 5.26 Å². The van der Waals surface area contributed by atoms with E-state index in [1.807, 2.05) is 6.19 Å². The second-order valence-corrected chi connectivity index (χ2v) is 8.23. The molecule has 0 N–H and O–H groups in total. The molecule has 0 unspecified atom stereocenters. The van der Waals surface area contributed by atoms with Crippen LogP contribution in [0.15, 0.2) is 41.4 Å². The number of carbonyl (C=O) groups is 1. The minimum Gasteiger partial charge on any atom is -0.463 e. The summed E-state index contributed by atoms with van der Waals surface area (Å²) in [5.74, 6) is -0.545. The average molecular weight is 484 g/mol. The molecular formula is C20H17Cl3N4O4. The van der Waals surface area contributed by atoms with Gasteiger partial charge >= 0.3 is 5.97 Å². The highest BCUT2D eigenvalue weighted by molar-refractivity contribution is 6.36. The largest absolute Gasteiger partial charge is 0.463 e. The average Bonchev–Trinajstić information content (AvgIpc) is 2.68. The van der Waals surface area contributed by atoms with E-state index in [9.17, 15) is 20.2 Å². The van der Waals surface area contributed by atoms with E-state index in [0.29, 0.717) is 5.02 Å². The minimum atomic E-state index is -1.08. The number of amidine groups is 1. The maximum Gasteiger partial charge on any atom is 0.302 e. The zero-order chi connectivity index (χ0) is 23.3. The number of carbonyl (C=O) groups excluding carboxylic acids is 1. The molecule has 0 amide bonds. The maximum absolute atomic E-state index is 11.3. The van der Waals surface area contributed by atoms with Crippen LogP contribution in [0.2, 0.25) is 15.1 Å². The van der Waals surface area contributed by atoms with Crippen LogP contribution in [0.25, 0.3) is 0 Å². The fraction of sp³-hybridized carbons (Fsp3) is 0.250. The van der Waals surface area contributed by atoms with E-state index in [4.69, 9.17) is 39.5 Å². The van der Waals surface area contributed by atoms with Gasteiger partial charge in [0.05, 0.1) is 26.2 Å². The second-order valence-electron chi connectivity index (χ2n) is 6.98. The van der Waals surface area contributed by atoms with Crippen LogP contribution in [0.3, 0.4) is 0 Å². The van der Waals surface area contributed by atoms with Gasteiger partial charge in [0.1, 0.15) is 6.61 Å². The first-order valence-electron chi connectivity index (χ1n) is 8.77. The molecule has 2 aromatic carbocycles. The lowest BCUT2D eigenvalue weighted by Gasteiger charge is -2.34. The van der Waals surface area contributed by atoms with Gasteiger partial charge in [-0.3, -0.25) is 19.8 Å². The van der Waals surface area contributed by atoms with Gasteiger partial charge in [0, 0.05) is 29.6 Å². The Morgan fingerprint density at radius 3 is 2.45 bits per heavy atom. The molecule has 162 valence electrons. The van der Waals surface area contributed by atoms with Crippen LogP contribution < -0.4 is 0 Å². The number of nitrogens with zero attached hydrogens (tertiary/aromatic N) is 4. The SMILES string of the molecule is CC(=O)OCC(C)(C)N(C#N)C(=Nc1ccc(Cl)cc1Cl)c1cc([N+](=O)[O-])ccc1Cl. The Bertz CT molecular complexity index is 1100. The fourth-order valence-corrected chi connectivity index (χ4v) is 3.18. The zero-order valence-electron chi connectivity index (χ0n) is 16.7. The van der Waals surface area contributed by atoms with E-state index in [-0.39, 0.29) is 39.4 Å². The molecule has 0 aliphatic rings. The molecule has 8 nitrogen and oxygen atoms in total. The number of benzene rings is 2. The summed E-state index contributed by atoms with van der Waals surface area (Å²) < 4.78 is 5.09. The number of rotatable bonds is 6. The van der Waals surface area contributed by atoms with Crippen molar-refractivity contribution in [2.75, 3.05) is 6.61 Å². The van der Waals surface area contributed by atoms with E-state index in [2.05, 4.69) is 4.99 Å². The van der Waals surface area contributed by atoms with Gasteiger partial charge in [-0.05, 0) is 38.1 Å². The molecule has 0 saturated carbocycles. The third-order valence-corrected chi connectivity index (χ3v) is 4.95. The molecule has 0 aliphatic carbocycles. The van der Waals surface area contributed by atoms with Crippen molar-refractivity contribution in [2.24, 2.45) is 4.99 Å². The summed E-state index contributed by atoms with van der Waals surface area (Å²) in [5, 5.41) is 21.9. The number of ether oxygens (including phenoxy) is 1. The van der Waals surface area contributed by atoms with Crippen LogP contribution in [-0.4, -0.2) is 33.8 Å². The molecule has 0 saturated heterocycles. The Morgan fingerprint density at radius 2 is 1.90 bits per heavy atom. The van der Waals surface area contributed by atoms with Crippen molar-refractivity contribution in [3.8, 4) is 6.19 Å². The van der Waals surface area contributed by atoms with Crippen molar-refractivity contribution < 1.29 is 14.5 Å². The number of non-ortho nitro benzene ring substituents is 1. The summed E-state index contributed by atoms with van der Waals surface area (Å²) in [6, 6.07) is 8.33. The number of halogens is 3. The second kappa shape index (κ2) is 9.96. The number of aliphatic imine (C=N–C) groups is 1. The first-order valence-corrected chi connectivity index (χ1v) is 9.91. The highest BCUT2D eigenvalue weighted by atomic mass is 35.5. The number of nitro groups is 1. The summed E-state index contributed by atoms with van der Waals surface area (Å²) in [6.45, 7) is 4.37. The lowest BCUT2D eigenvalue weighted by molar-refractivity contribution is -0.384. The fourth-order valence-electron chi connectivity index (χ4n) is 2.53. The highest BCUT2D eigenvalue weighted by Gasteiger charge is 2.34. The van der Waals surface area contributed by atoms with Crippen LogP contribution in [0.1, 0.15) is 26.3 Å². The van der Waals surface area contributed by atoms with E-state index < -0.39 is 16.4 Å². The molecule has 31 heavy (non-hydrogen) atoms. The Kier molecular flexibility index (Phi) is 7.85. The quantitative estimate of drug-likeness (QED) is 0.0983. The van der Waals surface area contributed by atoms with Crippen molar-refractivity contribution in [3.63, 3.8) is 0 Å². The lowest BCUT2D eigenvalue weighted by atomic mass is 10.0. The highest BCUT2D eigenvalue weighted by Crippen LogP contribution is 2.32. The van der Waals surface area contributed by atoms with Gasteiger partial charge in [-0.1, -0.05) is 34.8 Å². The Hall–Kier alpha value is -2.86. The van der Waals surface area contributed by atoms with Gasteiger partial charge in [-0.15, -0.1) is 0 Å². The molecule has 11 heteroatoms. The van der Waals surface area contributed by atoms with E-state index in [0.717, 1.165) is 4.90 Å². The van der Waals surface area contributed by atoms with Crippen molar-refractivity contribution in [2.45, 2.75) is 26.3 Å². The van der Waals surface area contributed by atoms with Gasteiger partial charge in [0.2, 0.25) is 0 Å². The van der Waals surface area contributed by atoms with Gasteiger partial charge in [0.25, 0.3) is 5.69 Å². The third-order valence-electron chi connectivity index (χ3n) is 4.08. The topological polar surface area (TPSA) is 109 Å². The van der Waals surface area contributed by atoms with Crippen molar-refractivity contribution >= 4 is 58.0 Å². The Labute approximate surface area is 193 Å². The van der Waals surface area contributed by atoms with Crippen LogP contribution >= 0.6 is 34.8 Å². The van der Waals surface area contributed by atoms with Crippen LogP contribution in [-0.2, 0) is 9.53 Å². The van der Waals surface area contributed by atoms with Crippen LogP contribution in [0.5, 0.6) is 0 Å². The molecule has 0 aliphatic heterocycles. The summed E-state index contributed by atoms with van der Waals surface area (Å²) in [5.41, 5.74) is -0.942. The number of esters is 1. The minimum absolute atomic E-state index is 0.0161. The molecule has 0 aromatic heterocycles. The monoisotopic (exact) mass is 482 g/mol. The molecule has 0 heterocycles. The number of nitro benzene ring substituents is 1. The number of hydrogen-bond donors (Lipinski definition) is 0. The molecule has 2 aromatic rings. The summed E-state index contributed by atoms with van der Waals surface area (Å²) in [7, 11) is 0. The molecule has 0 bridgehead atoms. The molecule has 0 atom stereocenters. The van der Waals surface area contributed by atoms with Gasteiger partial charge in [0.15, 0.2) is 12.0 Å². The maximum atomic E-state index is 11.3. The van der Waals surface area contributed by atoms with Crippen LogP contribution in [0, 0.1) is 21.6 Å². The third kappa shape index (κ3) is 6.07. The standard InChI is InChI=1S/C20H17Cl3N4O4/c1-12(28)31-10-20(2,3)26(11-24)19(25-18-7-4-13(21)8-17(18)23)15-9-14(27(29)30)5-6-16(15)22/h4-9H,10H2,1-3H3. The summed E-state index contributed by atoms with van der Waals surface area (Å²) >= 11 is 18.5. The number of nitriles is 1. The summed E-state index contributed by atoms with van der Waals surface area (Å²) in [6.07, 6.45) is 2.01. The van der Waals surface area contributed by atoms with E-state index >= 15 is 0 Å². The smallest absolute Gasteiger partial charge is 0.302 e. The normalized spacial score (nSPS) is 11.6. The lowest BCUT2D eigenvalue weighted by Crippen LogP contribution is -2.48. The predicted octanol–water partition coefficient (Wildman–Crippen LogP) is 5.76. The van der Waals surface area contributed by atoms with E-state index in [1.54, 1.807) is 19.9 Å². The number of hydrogen-bond acceptors (Lipinski definition) is 6. The molecule has 0 radical (unpaired) electrons. The van der Waals surface area contributed by atoms with Gasteiger partial charge < -0.3 is 4.74 Å². The Morgan fingerprint density at radius 1 is 1.23 bits per heavy atom. The van der Waals surface area contributed by atoms with Gasteiger partial charge in [-0.25, -0.2) is 4.99 Å². The first kappa shape index (κ1) is 24.4. The summed E-state index contributed by atoms with van der Waals surface area (Å²) in [4.78, 5) is 27.7. The zero-order valence-corrected chi connectivity index (χ0v) is 19.0. The molecule has 0 fully saturated rings. The Balaban J connectivity index is 2.75. The molecule has 2 rings (SSSR count). The predicted molar refractivity (Wildman–Crippen MR) is 119 cm³/mol. The van der Waals surface area contributed by atoms with Crippen molar-refractivity contribution in [1.82, 2.24) is 4.90 Å². The van der Waals surface area contributed by atoms with Crippen molar-refractivity contribution in [1.29, 1.82) is 5.26 Å².